The van der Waals surface area contributed by atoms with Gasteiger partial charge in [0.2, 0.25) is 5.91 Å². The van der Waals surface area contributed by atoms with Crippen molar-refractivity contribution in [3.63, 3.8) is 0 Å². The van der Waals surface area contributed by atoms with Crippen molar-refractivity contribution in [1.82, 2.24) is 9.80 Å². The van der Waals surface area contributed by atoms with Gasteiger partial charge in [0, 0.05) is 32.6 Å². The van der Waals surface area contributed by atoms with Gasteiger partial charge >= 0.3 is 5.97 Å². The summed E-state index contributed by atoms with van der Waals surface area (Å²) in [6.45, 7) is 5.97. The zero-order valence-corrected chi connectivity index (χ0v) is 14.8. The molecule has 0 bridgehead atoms. The summed E-state index contributed by atoms with van der Waals surface area (Å²) in [5.74, 6) is -0.531. The van der Waals surface area contributed by atoms with Crippen LogP contribution in [0.5, 0.6) is 0 Å². The van der Waals surface area contributed by atoms with Gasteiger partial charge in [-0.05, 0) is 43.4 Å². The molecule has 0 radical (unpaired) electrons. The molecule has 1 amide bonds. The molecule has 136 valence electrons. The minimum atomic E-state index is -0.910. The summed E-state index contributed by atoms with van der Waals surface area (Å²) in [6, 6.07) is 7.25. The molecule has 2 saturated heterocycles. The molecule has 25 heavy (non-hydrogen) atoms. The van der Waals surface area contributed by atoms with Gasteiger partial charge < -0.3 is 15.1 Å². The van der Waals surface area contributed by atoms with Crippen LogP contribution in [0.4, 0.5) is 0 Å². The predicted molar refractivity (Wildman–Crippen MR) is 93.2 cm³/mol. The van der Waals surface area contributed by atoms with Crippen LogP contribution >= 0.6 is 0 Å². The molecular formula is C19H26N2O4. The summed E-state index contributed by atoms with van der Waals surface area (Å²) in [6.07, 6.45) is 1.69. The summed E-state index contributed by atoms with van der Waals surface area (Å²) in [5.41, 5.74) is 0.828. The largest absolute Gasteiger partial charge is 0.478 e. The number of aliphatic hydroxyl groups excluding tert-OH is 1. The maximum absolute atomic E-state index is 12.1. The molecule has 6 heteroatoms. The average molecular weight is 346 g/mol. The molecular weight excluding hydrogens is 320 g/mol. The van der Waals surface area contributed by atoms with Crippen molar-refractivity contribution in [3.8, 4) is 0 Å². The molecule has 0 spiro atoms. The van der Waals surface area contributed by atoms with Crippen LogP contribution in [0.15, 0.2) is 24.3 Å². The molecule has 0 saturated carbocycles. The number of aliphatic hydroxyl groups is 1. The van der Waals surface area contributed by atoms with Gasteiger partial charge in [-0.2, -0.15) is 0 Å². The number of carboxylic acid groups (broad SMARTS) is 1. The number of rotatable bonds is 4. The average Bonchev–Trinajstić information content (AvgIpc) is 2.87. The van der Waals surface area contributed by atoms with Gasteiger partial charge in [-0.25, -0.2) is 4.79 Å². The summed E-state index contributed by atoms with van der Waals surface area (Å²) < 4.78 is 0. The zero-order chi connectivity index (χ0) is 18.2. The van der Waals surface area contributed by atoms with Gasteiger partial charge in [0.05, 0.1) is 17.7 Å². The molecule has 1 aromatic rings. The second-order valence-electron chi connectivity index (χ2n) is 7.60. The number of benzene rings is 1. The third-order valence-corrected chi connectivity index (χ3v) is 5.65. The van der Waals surface area contributed by atoms with Crippen LogP contribution < -0.4 is 0 Å². The Balaban J connectivity index is 1.71. The lowest BCUT2D eigenvalue weighted by Crippen LogP contribution is -2.52. The molecule has 2 N–H and O–H groups in total. The number of aromatic carboxylic acids is 1. The fourth-order valence-corrected chi connectivity index (χ4v) is 4.66. The highest BCUT2D eigenvalue weighted by molar-refractivity contribution is 5.87. The maximum atomic E-state index is 12.1. The standard InChI is InChI=1S/C19H26N2O4/c1-13(23)21-17-6-7-20(11-16(17)9-19(21,2)12-22)10-14-4-3-5-15(8-14)18(24)25/h3-5,8,16-17,22H,6-7,9-12H2,1-2H3,(H,24,25)/t16-,17-,19+/m0/s1. The number of piperidine rings is 1. The van der Waals surface area contributed by atoms with Crippen molar-refractivity contribution in [1.29, 1.82) is 0 Å². The van der Waals surface area contributed by atoms with E-state index in [-0.39, 0.29) is 18.6 Å². The minimum Gasteiger partial charge on any atom is -0.478 e. The van der Waals surface area contributed by atoms with Crippen LogP contribution in [0, 0.1) is 5.92 Å². The van der Waals surface area contributed by atoms with Gasteiger partial charge in [0.15, 0.2) is 0 Å². The second-order valence-corrected chi connectivity index (χ2v) is 7.60. The Bertz CT molecular complexity index is 677. The molecule has 2 heterocycles. The second kappa shape index (κ2) is 6.77. The van der Waals surface area contributed by atoms with E-state index in [2.05, 4.69) is 4.90 Å². The van der Waals surface area contributed by atoms with Crippen molar-refractivity contribution in [2.45, 2.75) is 44.8 Å². The topological polar surface area (TPSA) is 81.1 Å². The van der Waals surface area contributed by atoms with Gasteiger partial charge in [-0.3, -0.25) is 9.69 Å². The lowest BCUT2D eigenvalue weighted by atomic mass is 9.89. The van der Waals surface area contributed by atoms with E-state index in [9.17, 15) is 14.7 Å². The first-order valence-electron chi connectivity index (χ1n) is 8.79. The Labute approximate surface area is 148 Å². The Morgan fingerprint density at radius 3 is 2.76 bits per heavy atom. The predicted octanol–water partition coefficient (Wildman–Crippen LogP) is 1.58. The zero-order valence-electron chi connectivity index (χ0n) is 14.8. The maximum Gasteiger partial charge on any atom is 0.335 e. The molecule has 6 nitrogen and oxygen atoms in total. The van der Waals surface area contributed by atoms with E-state index in [1.807, 2.05) is 17.9 Å². The number of fused-ring (bicyclic) bond motifs is 1. The summed E-state index contributed by atoms with van der Waals surface area (Å²) >= 11 is 0. The van der Waals surface area contributed by atoms with Crippen molar-refractivity contribution in [2.24, 2.45) is 5.92 Å². The number of hydrogen-bond acceptors (Lipinski definition) is 4. The van der Waals surface area contributed by atoms with Gasteiger partial charge in [-0.15, -0.1) is 0 Å². The van der Waals surface area contributed by atoms with E-state index >= 15 is 0 Å². The minimum absolute atomic E-state index is 0.0137. The lowest BCUT2D eigenvalue weighted by molar-refractivity contribution is -0.137. The van der Waals surface area contributed by atoms with E-state index in [1.54, 1.807) is 25.1 Å². The number of carbonyl (C=O) groups is 2. The summed E-state index contributed by atoms with van der Waals surface area (Å²) in [5, 5.41) is 18.9. The van der Waals surface area contributed by atoms with Crippen molar-refractivity contribution in [2.75, 3.05) is 19.7 Å². The molecule has 3 atom stereocenters. The van der Waals surface area contributed by atoms with Crippen LogP contribution in [0.3, 0.4) is 0 Å². The smallest absolute Gasteiger partial charge is 0.335 e. The highest BCUT2D eigenvalue weighted by Gasteiger charge is 2.51. The first kappa shape index (κ1) is 17.9. The van der Waals surface area contributed by atoms with Crippen LogP contribution in [0.25, 0.3) is 0 Å². The molecule has 0 unspecified atom stereocenters. The Hall–Kier alpha value is -1.92. The fourth-order valence-electron chi connectivity index (χ4n) is 4.66. The molecule has 2 aliphatic heterocycles. The normalized spacial score (nSPS) is 29.5. The molecule has 3 rings (SSSR count). The highest BCUT2D eigenvalue weighted by atomic mass is 16.4. The number of nitrogens with zero attached hydrogens (tertiary/aromatic N) is 2. The molecule has 2 aliphatic rings. The van der Waals surface area contributed by atoms with Crippen LogP contribution in [0.2, 0.25) is 0 Å². The number of carboxylic acids is 1. The number of hydrogen-bond donors (Lipinski definition) is 2. The molecule has 2 fully saturated rings. The van der Waals surface area contributed by atoms with E-state index in [1.165, 1.54) is 0 Å². The van der Waals surface area contributed by atoms with Crippen LogP contribution in [-0.2, 0) is 11.3 Å². The van der Waals surface area contributed by atoms with Crippen molar-refractivity contribution in [3.05, 3.63) is 35.4 Å². The lowest BCUT2D eigenvalue weighted by Gasteiger charge is -2.40. The van der Waals surface area contributed by atoms with Crippen LogP contribution in [0.1, 0.15) is 42.6 Å². The Morgan fingerprint density at radius 1 is 1.36 bits per heavy atom. The van der Waals surface area contributed by atoms with E-state index in [0.29, 0.717) is 18.0 Å². The van der Waals surface area contributed by atoms with Gasteiger partial charge in [0.1, 0.15) is 0 Å². The van der Waals surface area contributed by atoms with E-state index in [4.69, 9.17) is 5.11 Å². The highest BCUT2D eigenvalue weighted by Crippen LogP contribution is 2.42. The summed E-state index contributed by atoms with van der Waals surface area (Å²) in [4.78, 5) is 27.4. The quantitative estimate of drug-likeness (QED) is 0.865. The third-order valence-electron chi connectivity index (χ3n) is 5.65. The van der Waals surface area contributed by atoms with Gasteiger partial charge in [0.25, 0.3) is 0 Å². The van der Waals surface area contributed by atoms with Crippen LogP contribution in [-0.4, -0.2) is 63.2 Å². The number of amides is 1. The van der Waals surface area contributed by atoms with Crippen molar-refractivity contribution < 1.29 is 19.8 Å². The first-order valence-corrected chi connectivity index (χ1v) is 8.79. The number of carbonyl (C=O) groups excluding carboxylic acids is 1. The third kappa shape index (κ3) is 3.41. The first-order chi connectivity index (χ1) is 11.8. The molecule has 1 aromatic carbocycles. The molecule has 0 aromatic heterocycles. The SMILES string of the molecule is CC(=O)N1[C@H]2CCN(Cc3cccc(C(=O)O)c3)C[C@@H]2C[C@]1(C)CO. The number of likely N-dealkylation sites (tertiary alicyclic amines) is 2. The monoisotopic (exact) mass is 346 g/mol. The summed E-state index contributed by atoms with van der Waals surface area (Å²) in [7, 11) is 0. The Kier molecular flexibility index (Phi) is 4.84. The van der Waals surface area contributed by atoms with Crippen molar-refractivity contribution >= 4 is 11.9 Å². The van der Waals surface area contributed by atoms with E-state index < -0.39 is 11.5 Å². The fraction of sp³-hybridized carbons (Fsp3) is 0.579. The van der Waals surface area contributed by atoms with Gasteiger partial charge in [-0.1, -0.05) is 12.1 Å². The van der Waals surface area contributed by atoms with E-state index in [0.717, 1.165) is 31.5 Å². The Morgan fingerprint density at radius 2 is 2.12 bits per heavy atom. The molecule has 0 aliphatic carbocycles.